The van der Waals surface area contributed by atoms with E-state index in [1.807, 2.05) is 0 Å². The molecule has 8 saturated carbocycles. The van der Waals surface area contributed by atoms with E-state index < -0.39 is 183 Å². The zero-order valence-corrected chi connectivity index (χ0v) is 76.1. The summed E-state index contributed by atoms with van der Waals surface area (Å²) in [6.45, 7) is 32.2. The molecule has 26 atom stereocenters. The number of Topliss-reactive ketones (excluding diaryl/α,β-unsaturated/α-hetero) is 1. The number of ketones is 1. The summed E-state index contributed by atoms with van der Waals surface area (Å²) in [6, 6.07) is 0. The number of rotatable bonds is 28. The topological polar surface area (TPSA) is 562 Å². The van der Waals surface area contributed by atoms with Gasteiger partial charge in [-0.2, -0.15) is 0 Å². The number of hydrogen-bond acceptors (Lipinski definition) is 43. The predicted octanol–water partition coefficient (Wildman–Crippen LogP) is 5.18. The molecule has 0 aromatic rings. The Bertz CT molecular complexity index is 4690. The Kier molecular flexibility index (Phi) is 39.0. The second-order valence-corrected chi connectivity index (χ2v) is 36.4. The minimum Gasteiger partial charge on any atom is -0.465 e. The number of carbonyl (C=O) groups excluding carboxylic acids is 21. The fraction of sp³-hybridized carbons (Fsp3) is 0.635. The van der Waals surface area contributed by atoms with Crippen LogP contribution in [0.2, 0.25) is 0 Å². The monoisotopic (exact) mass is 1960 g/mol. The Morgan fingerprint density at radius 3 is 1.29 bits per heavy atom. The Hall–Kier alpha value is -12.8. The summed E-state index contributed by atoms with van der Waals surface area (Å²) >= 11 is 0. The third kappa shape index (κ3) is 28.3. The van der Waals surface area contributed by atoms with E-state index in [0.29, 0.717) is 74.8 Å². The van der Waals surface area contributed by atoms with Gasteiger partial charge < -0.3 is 104 Å². The second-order valence-electron chi connectivity index (χ2n) is 36.4. The summed E-state index contributed by atoms with van der Waals surface area (Å²) in [7, 11) is 0. The number of hydrogen-bond donors (Lipinski definition) is 0. The molecule has 10 saturated heterocycles. The lowest BCUT2D eigenvalue weighted by molar-refractivity contribution is -0.181. The van der Waals surface area contributed by atoms with Gasteiger partial charge in [0.25, 0.3) is 0 Å². The first-order chi connectivity index (χ1) is 64.2. The maximum atomic E-state index is 12.2. The SMILES string of the molecule is C.C.C.C=C(C)C(=O)OCC(=O)OC12CC3CC(=O)C(CC(C3)C1)C2.C=C(C)C(=O)OCC(=O)OC1C2CC3C(=O)OC1C3C2.C=C(C)C(=O)OCC(=O)OC1C2CC3C(=O)OC1C3O2.C=C(C)C(=O)OCC(=O)OC1CC2CC1C1C(=O)OCC21.C=C(C)C(=O)OCC(=O)OC1CC2OC1C1C(=O)OCC21.C=C(C)C(=O)OCC(=O)OC1CCOC1=O.C=C(C)C(=O)OCC(=O)OC1COC(=O)C1. The van der Waals surface area contributed by atoms with Crippen molar-refractivity contribution in [2.75, 3.05) is 72.7 Å². The summed E-state index contributed by atoms with van der Waals surface area (Å²) in [5.41, 5.74) is 1.00. The summed E-state index contributed by atoms with van der Waals surface area (Å²) in [5, 5.41) is 0. The Labute approximate surface area is 800 Å². The van der Waals surface area contributed by atoms with Crippen LogP contribution in [0.5, 0.6) is 0 Å². The molecule has 764 valence electrons. The quantitative estimate of drug-likeness (QED) is 0.0553. The van der Waals surface area contributed by atoms with Crippen LogP contribution in [0.25, 0.3) is 0 Å². The van der Waals surface area contributed by atoms with E-state index >= 15 is 0 Å². The molecule has 0 spiro atoms. The first kappa shape index (κ1) is 111. The van der Waals surface area contributed by atoms with Gasteiger partial charge in [0.2, 0.25) is 6.10 Å². The molecule has 0 aromatic heterocycles. The molecule has 0 amide bonds. The number of cyclic esters (lactones) is 4. The van der Waals surface area contributed by atoms with Crippen LogP contribution in [0.1, 0.15) is 161 Å². The second kappa shape index (κ2) is 48.7. The van der Waals surface area contributed by atoms with Crippen LogP contribution in [0.4, 0.5) is 0 Å². The smallest absolute Gasteiger partial charge is 0.347 e. The molecule has 18 rings (SSSR count). The molecule has 10 aliphatic heterocycles. The number of fused-ring (bicyclic) bond motifs is 13. The zero-order valence-electron chi connectivity index (χ0n) is 76.1. The van der Waals surface area contributed by atoms with E-state index in [2.05, 4.69) is 65.0 Å². The Morgan fingerprint density at radius 2 is 0.791 bits per heavy atom. The van der Waals surface area contributed by atoms with Gasteiger partial charge in [0, 0.05) is 93.8 Å². The van der Waals surface area contributed by atoms with Gasteiger partial charge in [-0.25, -0.2) is 71.9 Å². The molecule has 139 heavy (non-hydrogen) atoms. The fourth-order valence-electron chi connectivity index (χ4n) is 19.9. The maximum Gasteiger partial charge on any atom is 0.347 e. The molecule has 18 fully saturated rings. The summed E-state index contributed by atoms with van der Waals surface area (Å²) in [5.74, 6) is -9.27. The van der Waals surface area contributed by atoms with Crippen LogP contribution in [0, 0.1) is 76.9 Å². The molecular formula is C96H122O43. The fourth-order valence-corrected chi connectivity index (χ4v) is 19.9. The van der Waals surface area contributed by atoms with Gasteiger partial charge in [0.05, 0.1) is 62.1 Å². The van der Waals surface area contributed by atoms with Crippen molar-refractivity contribution in [3.05, 3.63) is 85.1 Å². The van der Waals surface area contributed by atoms with Gasteiger partial charge in [0.15, 0.2) is 58.5 Å². The predicted molar refractivity (Wildman–Crippen MR) is 465 cm³/mol. The third-order valence-electron chi connectivity index (χ3n) is 25.7. The Balaban J connectivity index is 0.000000199. The molecule has 0 aromatic carbocycles. The summed E-state index contributed by atoms with van der Waals surface area (Å²) in [6.07, 6.45) is 4.33. The van der Waals surface area contributed by atoms with Crippen molar-refractivity contribution >= 4 is 125 Å². The van der Waals surface area contributed by atoms with Crippen LogP contribution in [-0.2, 0) is 205 Å². The van der Waals surface area contributed by atoms with Gasteiger partial charge >= 0.3 is 119 Å². The largest absolute Gasteiger partial charge is 0.465 e. The van der Waals surface area contributed by atoms with E-state index in [4.69, 9.17) is 85.3 Å². The van der Waals surface area contributed by atoms with Gasteiger partial charge in [0.1, 0.15) is 60.7 Å². The van der Waals surface area contributed by atoms with Crippen LogP contribution >= 0.6 is 0 Å². The minimum absolute atomic E-state index is 0. The highest BCUT2D eigenvalue weighted by molar-refractivity contribution is 5.93. The lowest BCUT2D eigenvalue weighted by Gasteiger charge is -2.46. The van der Waals surface area contributed by atoms with Gasteiger partial charge in [-0.15, -0.1) is 0 Å². The summed E-state index contributed by atoms with van der Waals surface area (Å²) < 4.78 is 110. The van der Waals surface area contributed by atoms with Crippen LogP contribution in [0.3, 0.4) is 0 Å². The van der Waals surface area contributed by atoms with Gasteiger partial charge in [-0.3, -0.25) is 28.8 Å². The van der Waals surface area contributed by atoms with Crippen molar-refractivity contribution in [2.45, 2.75) is 239 Å². The molecular weight excluding hydrogens is 1840 g/mol. The van der Waals surface area contributed by atoms with Crippen molar-refractivity contribution in [2.24, 2.45) is 76.9 Å². The number of carbonyl (C=O) groups is 21. The van der Waals surface area contributed by atoms with Crippen LogP contribution in [-0.4, -0.2) is 277 Å². The van der Waals surface area contributed by atoms with E-state index in [0.717, 1.165) is 51.4 Å². The third-order valence-corrected chi connectivity index (χ3v) is 25.7. The van der Waals surface area contributed by atoms with E-state index in [9.17, 15) is 101 Å². The van der Waals surface area contributed by atoms with E-state index in [-0.39, 0.29) is 195 Å². The lowest BCUT2D eigenvalue weighted by Crippen LogP contribution is -2.47. The van der Waals surface area contributed by atoms with Crippen molar-refractivity contribution in [1.29, 1.82) is 0 Å². The van der Waals surface area contributed by atoms with Crippen molar-refractivity contribution in [3.63, 3.8) is 0 Å². The van der Waals surface area contributed by atoms with E-state index in [1.165, 1.54) is 48.5 Å². The summed E-state index contributed by atoms with van der Waals surface area (Å²) in [4.78, 5) is 239. The van der Waals surface area contributed by atoms with Crippen molar-refractivity contribution in [1.82, 2.24) is 0 Å². The standard InChI is InChI=1S/C17H22O5.C15H18O6.C14H16O7.C14H16O6.C13H14O7.2C10H12O6.3CH4/c1-10(2)16(20)21-9-15(19)22-17-6-11-3-12(7-17)5-14(18)13(4-11)8-17;1-7(2)14(17)20-6-12(16)21-11-4-8-3-9(11)13-10(8)5-19-15(13)18;1-6(2)13(16)19-5-10(15)20-9-3-8-7-4-18-14(17)11(7)12(9)21-8;1-6(2)13(16)18-5-10(15)19-11-7-3-8-9(4-7)14(17)20-12(8)11;1-5(2)12(15)17-4-8(14)19-10-7-3-6-9(18-7)11(10)20-13(6)16;1-6(2)10(13)15-5-9(12)16-7-3-8(11)14-4-7;1-6(2)9(12)15-5-8(11)16-7-3-4-14-10(7)13;;;/h11-13H,1,3-9H2,2H3;8-11,13H,1,3-6H2,2H3;7-9,11-12H,1,3-5H2,2H3;7-9,11-12H,1,3-5H2,2H3;6-7,9-11H,1,3-4H2,2H3;2*7H,1,3-5H2,2H3;3*1H4. The molecule has 43 heteroatoms. The molecule has 18 aliphatic rings. The molecule has 8 aliphatic carbocycles. The maximum absolute atomic E-state index is 12.2. The molecule has 0 N–H and O–H groups in total. The highest BCUT2D eigenvalue weighted by atomic mass is 16.7. The molecule has 10 heterocycles. The number of ether oxygens (including phenoxy) is 22. The Morgan fingerprint density at radius 1 is 0.345 bits per heavy atom. The minimum atomic E-state index is -0.879. The average Bonchev–Trinajstić information content (AvgIpc) is 1.55. The van der Waals surface area contributed by atoms with Crippen LogP contribution < -0.4 is 0 Å². The van der Waals surface area contributed by atoms with E-state index in [1.54, 1.807) is 0 Å². The number of esters is 20. The normalized spacial score (nSPS) is 31.4. The van der Waals surface area contributed by atoms with Gasteiger partial charge in [-0.05, 0) is 130 Å². The zero-order chi connectivity index (χ0) is 99.3. The van der Waals surface area contributed by atoms with Crippen LogP contribution in [0.15, 0.2) is 85.1 Å². The molecule has 0 radical (unpaired) electrons. The highest BCUT2D eigenvalue weighted by Gasteiger charge is 2.67. The first-order valence-electron chi connectivity index (χ1n) is 44.3. The highest BCUT2D eigenvalue weighted by Crippen LogP contribution is 2.58. The lowest BCUT2D eigenvalue weighted by atomic mass is 9.65. The first-order valence-corrected chi connectivity index (χ1v) is 44.3. The van der Waals surface area contributed by atoms with Crippen molar-refractivity contribution in [3.8, 4) is 0 Å². The van der Waals surface area contributed by atoms with Gasteiger partial charge in [-0.1, -0.05) is 68.3 Å². The average molecular weight is 1960 g/mol. The molecule has 26 unspecified atom stereocenters. The van der Waals surface area contributed by atoms with Crippen molar-refractivity contribution < 1.29 is 205 Å². The molecule has 12 bridgehead atoms. The molecule has 43 nitrogen and oxygen atoms in total.